The fourth-order valence-electron chi connectivity index (χ4n) is 2.94. The minimum Gasteiger partial charge on any atom is -0.409 e. The van der Waals surface area contributed by atoms with E-state index < -0.39 is 5.41 Å². The molecule has 1 amide bonds. The van der Waals surface area contributed by atoms with E-state index in [0.717, 1.165) is 44.7 Å². The average Bonchev–Trinajstić information content (AvgIpc) is 3.20. The van der Waals surface area contributed by atoms with Crippen molar-refractivity contribution in [3.8, 4) is 0 Å². The van der Waals surface area contributed by atoms with Gasteiger partial charge in [-0.15, -0.1) is 0 Å². The molecular weight excluding hydrogens is 230 g/mol. The number of likely N-dealkylation sites (tertiary alicyclic amines) is 1. The van der Waals surface area contributed by atoms with Gasteiger partial charge in [0.25, 0.3) is 0 Å². The van der Waals surface area contributed by atoms with Crippen molar-refractivity contribution in [3.63, 3.8) is 0 Å². The molecule has 18 heavy (non-hydrogen) atoms. The van der Waals surface area contributed by atoms with Crippen LogP contribution in [0.15, 0.2) is 5.16 Å². The number of amides is 1. The number of piperidine rings is 1. The quantitative estimate of drug-likeness (QED) is 0.345. The van der Waals surface area contributed by atoms with E-state index in [-0.39, 0.29) is 11.7 Å². The van der Waals surface area contributed by atoms with Gasteiger partial charge in [-0.3, -0.25) is 4.79 Å². The van der Waals surface area contributed by atoms with Gasteiger partial charge < -0.3 is 15.8 Å². The lowest BCUT2D eigenvalue weighted by molar-refractivity contribution is -0.136. The Morgan fingerprint density at radius 1 is 1.44 bits per heavy atom. The molecule has 0 atom stereocenters. The van der Waals surface area contributed by atoms with Crippen molar-refractivity contribution in [1.82, 2.24) is 4.90 Å². The first-order valence-corrected chi connectivity index (χ1v) is 6.91. The molecule has 1 heterocycles. The van der Waals surface area contributed by atoms with Crippen LogP contribution in [0.1, 0.15) is 45.4 Å². The molecule has 0 aromatic heterocycles. The number of rotatable bonds is 4. The lowest BCUT2D eigenvalue weighted by atomic mass is 9.91. The molecular formula is C13H23N3O2. The largest absolute Gasteiger partial charge is 0.409 e. The highest BCUT2D eigenvalue weighted by Gasteiger charge is 2.55. The molecule has 0 unspecified atom stereocenters. The normalized spacial score (nSPS) is 24.1. The molecule has 0 aromatic rings. The summed E-state index contributed by atoms with van der Waals surface area (Å²) in [5.41, 5.74) is 4.97. The summed E-state index contributed by atoms with van der Waals surface area (Å²) in [6.07, 6.45) is 6.09. The van der Waals surface area contributed by atoms with E-state index in [1.807, 2.05) is 4.90 Å². The molecule has 5 heteroatoms. The van der Waals surface area contributed by atoms with Crippen LogP contribution in [0.3, 0.4) is 0 Å². The maximum atomic E-state index is 12.4. The Balaban J connectivity index is 1.92. The predicted molar refractivity (Wildman–Crippen MR) is 69.3 cm³/mol. The minimum atomic E-state index is -0.674. The van der Waals surface area contributed by atoms with E-state index in [4.69, 9.17) is 10.9 Å². The average molecular weight is 253 g/mol. The molecule has 2 rings (SSSR count). The fourth-order valence-corrected chi connectivity index (χ4v) is 2.94. The van der Waals surface area contributed by atoms with Crippen molar-refractivity contribution in [2.75, 3.05) is 13.1 Å². The highest BCUT2D eigenvalue weighted by atomic mass is 16.4. The van der Waals surface area contributed by atoms with Crippen molar-refractivity contribution in [2.24, 2.45) is 22.2 Å². The first-order valence-electron chi connectivity index (χ1n) is 6.91. The van der Waals surface area contributed by atoms with Crippen LogP contribution in [-0.4, -0.2) is 34.9 Å². The summed E-state index contributed by atoms with van der Waals surface area (Å²) in [5.74, 6) is 0.911. The standard InChI is InChI=1S/C13H23N3O2/c1-2-3-10-4-8-16(9-5-10)12(17)13(6-7-13)11(14)15-18/h10,18H,2-9H2,1H3,(H2,14,15). The summed E-state index contributed by atoms with van der Waals surface area (Å²) in [4.78, 5) is 14.3. The van der Waals surface area contributed by atoms with Gasteiger partial charge in [0.1, 0.15) is 5.41 Å². The number of hydrogen-bond acceptors (Lipinski definition) is 3. The first-order chi connectivity index (χ1) is 8.64. The maximum Gasteiger partial charge on any atom is 0.236 e. The minimum absolute atomic E-state index is 0.0627. The lowest BCUT2D eigenvalue weighted by Gasteiger charge is -2.34. The second kappa shape index (κ2) is 5.16. The summed E-state index contributed by atoms with van der Waals surface area (Å²) in [6.45, 7) is 3.85. The van der Waals surface area contributed by atoms with Crippen LogP contribution >= 0.6 is 0 Å². The maximum absolute atomic E-state index is 12.4. The Labute approximate surface area is 108 Å². The first kappa shape index (κ1) is 13.2. The second-order valence-corrected chi connectivity index (χ2v) is 5.59. The molecule has 0 bridgehead atoms. The molecule has 3 N–H and O–H groups in total. The highest BCUT2D eigenvalue weighted by Crippen LogP contribution is 2.47. The Kier molecular flexibility index (Phi) is 3.78. The molecule has 102 valence electrons. The van der Waals surface area contributed by atoms with Gasteiger partial charge in [0, 0.05) is 13.1 Å². The third-order valence-electron chi connectivity index (χ3n) is 4.36. The summed E-state index contributed by atoms with van der Waals surface area (Å²) < 4.78 is 0. The summed E-state index contributed by atoms with van der Waals surface area (Å²) in [6, 6.07) is 0. The van der Waals surface area contributed by atoms with E-state index in [1.165, 1.54) is 12.8 Å². The number of hydrogen-bond donors (Lipinski definition) is 2. The zero-order valence-electron chi connectivity index (χ0n) is 11.1. The van der Waals surface area contributed by atoms with E-state index in [9.17, 15) is 4.79 Å². The van der Waals surface area contributed by atoms with Crippen LogP contribution < -0.4 is 5.73 Å². The van der Waals surface area contributed by atoms with Crippen molar-refractivity contribution in [3.05, 3.63) is 0 Å². The van der Waals surface area contributed by atoms with Crippen LogP contribution in [-0.2, 0) is 4.79 Å². The predicted octanol–water partition coefficient (Wildman–Crippen LogP) is 1.55. The van der Waals surface area contributed by atoms with Crippen LogP contribution in [0.5, 0.6) is 0 Å². The zero-order chi connectivity index (χ0) is 13.2. The number of carbonyl (C=O) groups excluding carboxylic acids is 1. The van der Waals surface area contributed by atoms with Crippen LogP contribution in [0.25, 0.3) is 0 Å². The number of oxime groups is 1. The lowest BCUT2D eigenvalue weighted by Crippen LogP contribution is -2.46. The van der Waals surface area contributed by atoms with Gasteiger partial charge in [-0.25, -0.2) is 0 Å². The molecule has 0 radical (unpaired) electrons. The van der Waals surface area contributed by atoms with E-state index in [2.05, 4.69) is 12.1 Å². The molecule has 1 aliphatic carbocycles. The molecule has 2 aliphatic rings. The summed E-state index contributed by atoms with van der Waals surface area (Å²) in [7, 11) is 0. The van der Waals surface area contributed by atoms with Gasteiger partial charge in [0.2, 0.25) is 5.91 Å². The topological polar surface area (TPSA) is 78.9 Å². The van der Waals surface area contributed by atoms with Gasteiger partial charge in [-0.1, -0.05) is 24.9 Å². The number of amidine groups is 1. The number of nitrogens with two attached hydrogens (primary N) is 1. The SMILES string of the molecule is CCCC1CCN(C(=O)C2(C(N)=NO)CC2)CC1. The smallest absolute Gasteiger partial charge is 0.236 e. The van der Waals surface area contributed by atoms with Crippen molar-refractivity contribution < 1.29 is 10.0 Å². The Morgan fingerprint density at radius 2 is 2.06 bits per heavy atom. The molecule has 0 aromatic carbocycles. The van der Waals surface area contributed by atoms with Crippen LogP contribution in [0.4, 0.5) is 0 Å². The zero-order valence-corrected chi connectivity index (χ0v) is 11.1. The van der Waals surface area contributed by atoms with Gasteiger partial charge >= 0.3 is 0 Å². The van der Waals surface area contributed by atoms with E-state index in [0.29, 0.717) is 0 Å². The number of carbonyl (C=O) groups is 1. The third-order valence-corrected chi connectivity index (χ3v) is 4.36. The van der Waals surface area contributed by atoms with Gasteiger partial charge in [-0.05, 0) is 31.6 Å². The van der Waals surface area contributed by atoms with Crippen LogP contribution in [0.2, 0.25) is 0 Å². The summed E-state index contributed by atoms with van der Waals surface area (Å²) >= 11 is 0. The van der Waals surface area contributed by atoms with Gasteiger partial charge in [0.15, 0.2) is 5.84 Å². The highest BCUT2D eigenvalue weighted by molar-refractivity contribution is 6.09. The van der Waals surface area contributed by atoms with Gasteiger partial charge in [0.05, 0.1) is 0 Å². The van der Waals surface area contributed by atoms with Crippen molar-refractivity contribution >= 4 is 11.7 Å². The molecule has 0 spiro atoms. The summed E-state index contributed by atoms with van der Waals surface area (Å²) in [5, 5.41) is 11.8. The van der Waals surface area contributed by atoms with Gasteiger partial charge in [-0.2, -0.15) is 0 Å². The fraction of sp³-hybridized carbons (Fsp3) is 0.846. The molecule has 1 saturated carbocycles. The Morgan fingerprint density at radius 3 is 2.50 bits per heavy atom. The molecule has 1 saturated heterocycles. The third kappa shape index (κ3) is 2.31. The molecule has 5 nitrogen and oxygen atoms in total. The molecule has 1 aliphatic heterocycles. The Bertz CT molecular complexity index is 342. The monoisotopic (exact) mass is 253 g/mol. The Hall–Kier alpha value is -1.26. The molecule has 2 fully saturated rings. The van der Waals surface area contributed by atoms with E-state index in [1.54, 1.807) is 0 Å². The van der Waals surface area contributed by atoms with Crippen molar-refractivity contribution in [1.29, 1.82) is 0 Å². The second-order valence-electron chi connectivity index (χ2n) is 5.59. The number of nitrogens with zero attached hydrogens (tertiary/aromatic N) is 2. The van der Waals surface area contributed by atoms with Crippen LogP contribution in [0, 0.1) is 11.3 Å². The van der Waals surface area contributed by atoms with E-state index >= 15 is 0 Å². The van der Waals surface area contributed by atoms with Crippen molar-refractivity contribution in [2.45, 2.75) is 45.4 Å².